The first kappa shape index (κ1) is 16.3. The minimum atomic E-state index is -0.457. The SMILES string of the molecule is O=C(OCc1ccc([N+](=O)[O-])cc1)c1ccc2c3c([nH]c2c1)CCCC3. The molecule has 2 aromatic carbocycles. The number of carbonyl (C=O) groups excluding carboxylic acids is 1. The van der Waals surface area contributed by atoms with Crippen molar-refractivity contribution >= 4 is 22.6 Å². The lowest BCUT2D eigenvalue weighted by Gasteiger charge is -2.10. The molecule has 0 aliphatic heterocycles. The molecule has 0 spiro atoms. The number of ether oxygens (including phenoxy) is 1. The minimum absolute atomic E-state index is 0.0150. The number of non-ortho nitro benzene ring substituents is 1. The number of esters is 1. The van der Waals surface area contributed by atoms with Crippen LogP contribution in [0.3, 0.4) is 0 Å². The van der Waals surface area contributed by atoms with Gasteiger partial charge in [0, 0.05) is 28.7 Å². The van der Waals surface area contributed by atoms with E-state index >= 15 is 0 Å². The standard InChI is InChI=1S/C20H18N2O4/c23-20(26-12-13-5-8-15(9-6-13)22(24)25)14-7-10-17-16-3-1-2-4-18(16)21-19(17)11-14/h5-11,21H,1-4,12H2. The highest BCUT2D eigenvalue weighted by molar-refractivity contribution is 5.95. The third-order valence-electron chi connectivity index (χ3n) is 4.85. The van der Waals surface area contributed by atoms with E-state index in [4.69, 9.17) is 4.74 Å². The molecule has 6 heteroatoms. The zero-order valence-corrected chi connectivity index (χ0v) is 14.2. The van der Waals surface area contributed by atoms with Gasteiger partial charge in [-0.05, 0) is 61.1 Å². The number of nitro groups is 1. The number of carbonyl (C=O) groups is 1. The number of H-pyrrole nitrogens is 1. The van der Waals surface area contributed by atoms with Crippen molar-refractivity contribution in [2.75, 3.05) is 0 Å². The molecule has 0 amide bonds. The molecule has 0 bridgehead atoms. The number of aromatic nitrogens is 1. The highest BCUT2D eigenvalue weighted by atomic mass is 16.6. The fraction of sp³-hybridized carbons (Fsp3) is 0.250. The number of hydrogen-bond acceptors (Lipinski definition) is 4. The summed E-state index contributed by atoms with van der Waals surface area (Å²) in [7, 11) is 0. The largest absolute Gasteiger partial charge is 0.457 e. The Morgan fingerprint density at radius 3 is 2.65 bits per heavy atom. The first-order valence-corrected chi connectivity index (χ1v) is 8.66. The summed E-state index contributed by atoms with van der Waals surface area (Å²) in [5.41, 5.74) is 4.85. The van der Waals surface area contributed by atoms with E-state index in [1.807, 2.05) is 12.1 Å². The van der Waals surface area contributed by atoms with Gasteiger partial charge in [-0.1, -0.05) is 6.07 Å². The van der Waals surface area contributed by atoms with E-state index < -0.39 is 10.9 Å². The van der Waals surface area contributed by atoms with Crippen molar-refractivity contribution in [3.63, 3.8) is 0 Å². The summed E-state index contributed by atoms with van der Waals surface area (Å²) in [4.78, 5) is 26.0. The maximum Gasteiger partial charge on any atom is 0.338 e. The van der Waals surface area contributed by atoms with Gasteiger partial charge in [0.1, 0.15) is 6.61 Å². The fourth-order valence-electron chi connectivity index (χ4n) is 3.49. The molecule has 26 heavy (non-hydrogen) atoms. The molecule has 0 fully saturated rings. The molecule has 1 aromatic heterocycles. The van der Waals surface area contributed by atoms with Crippen molar-refractivity contribution in [3.8, 4) is 0 Å². The van der Waals surface area contributed by atoms with Crippen molar-refractivity contribution in [1.82, 2.24) is 4.98 Å². The Hall–Kier alpha value is -3.15. The van der Waals surface area contributed by atoms with Crippen molar-refractivity contribution in [2.24, 2.45) is 0 Å². The van der Waals surface area contributed by atoms with Crippen LogP contribution < -0.4 is 0 Å². The van der Waals surface area contributed by atoms with E-state index in [1.54, 1.807) is 18.2 Å². The number of nitrogens with one attached hydrogen (secondary N) is 1. The highest BCUT2D eigenvalue weighted by Crippen LogP contribution is 2.29. The van der Waals surface area contributed by atoms with Gasteiger partial charge in [0.05, 0.1) is 10.5 Å². The van der Waals surface area contributed by atoms with E-state index in [-0.39, 0.29) is 12.3 Å². The number of nitrogens with zero attached hydrogens (tertiary/aromatic N) is 1. The Bertz CT molecular complexity index is 989. The lowest BCUT2D eigenvalue weighted by atomic mass is 9.95. The van der Waals surface area contributed by atoms with Gasteiger partial charge >= 0.3 is 5.97 Å². The summed E-state index contributed by atoms with van der Waals surface area (Å²) >= 11 is 0. The van der Waals surface area contributed by atoms with Gasteiger partial charge in [0.15, 0.2) is 0 Å². The van der Waals surface area contributed by atoms with Crippen molar-refractivity contribution in [1.29, 1.82) is 0 Å². The summed E-state index contributed by atoms with van der Waals surface area (Å²) in [6, 6.07) is 11.6. The van der Waals surface area contributed by atoms with Crippen LogP contribution in [0.15, 0.2) is 42.5 Å². The number of fused-ring (bicyclic) bond motifs is 3. The number of benzene rings is 2. The van der Waals surface area contributed by atoms with Gasteiger partial charge in [-0.15, -0.1) is 0 Å². The Balaban J connectivity index is 1.48. The van der Waals surface area contributed by atoms with Crippen LogP contribution in [-0.2, 0) is 24.2 Å². The van der Waals surface area contributed by atoms with Crippen molar-refractivity contribution in [2.45, 2.75) is 32.3 Å². The molecule has 0 saturated heterocycles. The highest BCUT2D eigenvalue weighted by Gasteiger charge is 2.17. The first-order chi connectivity index (χ1) is 12.6. The van der Waals surface area contributed by atoms with Crippen LogP contribution in [0.2, 0.25) is 0 Å². The number of nitro benzene ring substituents is 1. The van der Waals surface area contributed by atoms with E-state index in [0.29, 0.717) is 11.1 Å². The third kappa shape index (κ3) is 3.06. The summed E-state index contributed by atoms with van der Waals surface area (Å²) in [5, 5.41) is 11.8. The fourth-order valence-corrected chi connectivity index (χ4v) is 3.49. The topological polar surface area (TPSA) is 85.2 Å². The molecule has 3 aromatic rings. The summed E-state index contributed by atoms with van der Waals surface area (Å²) < 4.78 is 5.34. The summed E-state index contributed by atoms with van der Waals surface area (Å²) in [6.07, 6.45) is 4.55. The lowest BCUT2D eigenvalue weighted by molar-refractivity contribution is -0.384. The molecule has 1 aliphatic rings. The molecule has 6 nitrogen and oxygen atoms in total. The van der Waals surface area contributed by atoms with E-state index in [9.17, 15) is 14.9 Å². The van der Waals surface area contributed by atoms with Crippen molar-refractivity contribution < 1.29 is 14.5 Å². The second-order valence-electron chi connectivity index (χ2n) is 6.55. The molecular weight excluding hydrogens is 332 g/mol. The molecule has 4 rings (SSSR count). The zero-order chi connectivity index (χ0) is 18.1. The lowest BCUT2D eigenvalue weighted by Crippen LogP contribution is -2.05. The second-order valence-corrected chi connectivity index (χ2v) is 6.55. The normalized spacial score (nSPS) is 13.4. The van der Waals surface area contributed by atoms with Gasteiger partial charge in [-0.2, -0.15) is 0 Å². The van der Waals surface area contributed by atoms with E-state index in [1.165, 1.54) is 41.6 Å². The van der Waals surface area contributed by atoms with Crippen LogP contribution in [-0.4, -0.2) is 15.9 Å². The van der Waals surface area contributed by atoms with Crippen LogP contribution in [0.4, 0.5) is 5.69 Å². The molecule has 1 N–H and O–H groups in total. The van der Waals surface area contributed by atoms with Gasteiger partial charge < -0.3 is 9.72 Å². The van der Waals surface area contributed by atoms with Crippen molar-refractivity contribution in [3.05, 3.63) is 75.0 Å². The van der Waals surface area contributed by atoms with Gasteiger partial charge in [0.25, 0.3) is 5.69 Å². The second kappa shape index (κ2) is 6.63. The summed E-state index contributed by atoms with van der Waals surface area (Å²) in [5.74, 6) is -0.405. The van der Waals surface area contributed by atoms with Crippen LogP contribution in [0.1, 0.15) is 40.0 Å². The molecule has 0 unspecified atom stereocenters. The quantitative estimate of drug-likeness (QED) is 0.431. The van der Waals surface area contributed by atoms with E-state index in [0.717, 1.165) is 18.4 Å². The number of aromatic amines is 1. The maximum absolute atomic E-state index is 12.3. The number of hydrogen-bond donors (Lipinski definition) is 1. The molecule has 1 heterocycles. The average Bonchev–Trinajstić information content (AvgIpc) is 3.04. The maximum atomic E-state index is 12.3. The van der Waals surface area contributed by atoms with Gasteiger partial charge in [0.2, 0.25) is 0 Å². The first-order valence-electron chi connectivity index (χ1n) is 8.66. The van der Waals surface area contributed by atoms with E-state index in [2.05, 4.69) is 4.98 Å². The molecule has 132 valence electrons. The van der Waals surface area contributed by atoms with Crippen LogP contribution >= 0.6 is 0 Å². The number of rotatable bonds is 4. The molecular formula is C20H18N2O4. The van der Waals surface area contributed by atoms with Crippen LogP contribution in [0, 0.1) is 10.1 Å². The molecule has 1 aliphatic carbocycles. The van der Waals surface area contributed by atoms with Crippen LogP contribution in [0.25, 0.3) is 10.9 Å². The monoisotopic (exact) mass is 350 g/mol. The Morgan fingerprint density at radius 1 is 1.12 bits per heavy atom. The van der Waals surface area contributed by atoms with Crippen LogP contribution in [0.5, 0.6) is 0 Å². The summed E-state index contributed by atoms with van der Waals surface area (Å²) in [6.45, 7) is 0.0795. The molecule has 0 atom stereocenters. The molecule has 0 radical (unpaired) electrons. The van der Waals surface area contributed by atoms with Gasteiger partial charge in [-0.3, -0.25) is 10.1 Å². The minimum Gasteiger partial charge on any atom is -0.457 e. The average molecular weight is 350 g/mol. The molecule has 0 saturated carbocycles. The Labute approximate surface area is 149 Å². The Morgan fingerprint density at radius 2 is 1.88 bits per heavy atom. The zero-order valence-electron chi connectivity index (χ0n) is 14.2. The number of aryl methyl sites for hydroxylation is 2. The smallest absolute Gasteiger partial charge is 0.338 e. The van der Waals surface area contributed by atoms with Gasteiger partial charge in [-0.25, -0.2) is 4.79 Å². The predicted octanol–water partition coefficient (Wildman–Crippen LogP) is 4.31. The third-order valence-corrected chi connectivity index (χ3v) is 4.85. The predicted molar refractivity (Wildman–Crippen MR) is 97.2 cm³/mol. The Kier molecular flexibility index (Phi) is 4.16.